The maximum Gasteiger partial charge on any atom is 0.0465 e. The summed E-state index contributed by atoms with van der Waals surface area (Å²) in [7, 11) is 0. The van der Waals surface area contributed by atoms with Crippen LogP contribution in [-0.4, -0.2) is 0 Å². The first-order valence-electron chi connectivity index (χ1n) is 23.6. The zero-order chi connectivity index (χ0) is 45.3. The fourth-order valence-electron chi connectivity index (χ4n) is 11.0. The summed E-state index contributed by atoms with van der Waals surface area (Å²) in [5.41, 5.74) is 26.1. The lowest BCUT2D eigenvalue weighted by Crippen LogP contribution is -2.16. The van der Waals surface area contributed by atoms with E-state index in [1.165, 1.54) is 100 Å². The van der Waals surface area contributed by atoms with Gasteiger partial charge in [0.15, 0.2) is 0 Å². The van der Waals surface area contributed by atoms with Crippen molar-refractivity contribution in [1.29, 1.82) is 0 Å². The summed E-state index contributed by atoms with van der Waals surface area (Å²) < 4.78 is 0. The van der Waals surface area contributed by atoms with Crippen molar-refractivity contribution in [3.8, 4) is 77.9 Å². The average molecular weight is 858 g/mol. The van der Waals surface area contributed by atoms with Crippen LogP contribution in [0.2, 0.25) is 0 Å². The molecule has 0 saturated heterocycles. The first kappa shape index (κ1) is 40.5. The van der Waals surface area contributed by atoms with Crippen LogP contribution in [0, 0.1) is 0 Å². The van der Waals surface area contributed by atoms with Gasteiger partial charge in [0.25, 0.3) is 0 Å². The lowest BCUT2D eigenvalue weighted by atomic mass is 9.81. The van der Waals surface area contributed by atoms with Crippen molar-refractivity contribution in [2.75, 3.05) is 4.90 Å². The van der Waals surface area contributed by atoms with Crippen molar-refractivity contribution in [1.82, 2.24) is 0 Å². The molecule has 2 aliphatic carbocycles. The molecule has 1 heteroatoms. The van der Waals surface area contributed by atoms with Gasteiger partial charge in [-0.05, 0) is 155 Å². The van der Waals surface area contributed by atoms with Crippen LogP contribution >= 0.6 is 0 Å². The Morgan fingerprint density at radius 2 is 0.537 bits per heavy atom. The Kier molecular flexibility index (Phi) is 9.59. The van der Waals surface area contributed by atoms with Gasteiger partial charge in [-0.15, -0.1) is 0 Å². The second-order valence-electron chi connectivity index (χ2n) is 19.4. The van der Waals surface area contributed by atoms with Crippen LogP contribution in [-0.2, 0) is 10.8 Å². The Morgan fingerprint density at radius 1 is 0.224 bits per heavy atom. The van der Waals surface area contributed by atoms with Crippen molar-refractivity contribution in [3.63, 3.8) is 0 Å². The summed E-state index contributed by atoms with van der Waals surface area (Å²) in [6, 6.07) is 87.4. The van der Waals surface area contributed by atoms with Gasteiger partial charge in [-0.3, -0.25) is 0 Å². The van der Waals surface area contributed by atoms with Crippen LogP contribution in [0.25, 0.3) is 77.9 Å². The van der Waals surface area contributed by atoms with E-state index < -0.39 is 0 Å². The van der Waals surface area contributed by atoms with Crippen LogP contribution in [0.3, 0.4) is 0 Å². The summed E-state index contributed by atoms with van der Waals surface area (Å²) >= 11 is 0. The molecule has 67 heavy (non-hydrogen) atoms. The molecule has 2 aliphatic rings. The molecule has 0 fully saturated rings. The highest BCUT2D eigenvalue weighted by molar-refractivity contribution is 5.89. The van der Waals surface area contributed by atoms with Gasteiger partial charge in [0.1, 0.15) is 0 Å². The highest BCUT2D eigenvalue weighted by Crippen LogP contribution is 2.53. The molecule has 320 valence electrons. The van der Waals surface area contributed by atoms with Crippen molar-refractivity contribution >= 4 is 17.1 Å². The van der Waals surface area contributed by atoms with Gasteiger partial charge in [-0.2, -0.15) is 0 Å². The lowest BCUT2D eigenvalue weighted by molar-refractivity contribution is 0.660. The van der Waals surface area contributed by atoms with E-state index in [1.54, 1.807) is 0 Å². The van der Waals surface area contributed by atoms with Gasteiger partial charge < -0.3 is 4.90 Å². The Bertz CT molecular complexity index is 3470. The van der Waals surface area contributed by atoms with E-state index in [1.807, 2.05) is 0 Å². The monoisotopic (exact) mass is 857 g/mol. The van der Waals surface area contributed by atoms with Crippen molar-refractivity contribution in [3.05, 3.63) is 259 Å². The summed E-state index contributed by atoms with van der Waals surface area (Å²) in [6.07, 6.45) is 0. The minimum absolute atomic E-state index is 0.0512. The Hall–Kier alpha value is -8.00. The van der Waals surface area contributed by atoms with Gasteiger partial charge in [0, 0.05) is 27.9 Å². The molecule has 0 radical (unpaired) electrons. The molecule has 0 N–H and O–H groups in total. The van der Waals surface area contributed by atoms with E-state index in [2.05, 4.69) is 269 Å². The number of hydrogen-bond donors (Lipinski definition) is 0. The maximum absolute atomic E-state index is 2.44. The first-order valence-corrected chi connectivity index (χ1v) is 23.6. The van der Waals surface area contributed by atoms with Crippen LogP contribution < -0.4 is 4.90 Å². The predicted molar refractivity (Wildman–Crippen MR) is 283 cm³/mol. The molecular formula is C66H51N. The van der Waals surface area contributed by atoms with E-state index in [0.29, 0.717) is 0 Å². The third kappa shape index (κ3) is 6.93. The zero-order valence-electron chi connectivity index (χ0n) is 38.5. The molecule has 0 bridgehead atoms. The predicted octanol–water partition coefficient (Wildman–Crippen LogP) is 18.1. The average Bonchev–Trinajstić information content (AvgIpc) is 3.75. The molecule has 0 unspecified atom stereocenters. The second kappa shape index (κ2) is 15.9. The number of fused-ring (bicyclic) bond motifs is 6. The first-order chi connectivity index (χ1) is 32.7. The zero-order valence-corrected chi connectivity index (χ0v) is 38.5. The smallest absolute Gasteiger partial charge is 0.0465 e. The quantitative estimate of drug-likeness (QED) is 0.147. The number of nitrogens with zero attached hydrogens (tertiary/aromatic N) is 1. The SMILES string of the molecule is CC1(C)c2ccccc2-c2ccc(-c3ccc(N(c4ccc(-c5cccc(-c6ccccc6)c5)cc4)c4ccc5c(c4)C(C)(C)c4cc(-c6ccc(-c7ccccc7)cc6)ccc4-5)cc3)cc21. The van der Waals surface area contributed by atoms with Gasteiger partial charge in [-0.1, -0.05) is 210 Å². The molecular weight excluding hydrogens is 807 g/mol. The fourth-order valence-corrected chi connectivity index (χ4v) is 11.0. The number of hydrogen-bond acceptors (Lipinski definition) is 1. The highest BCUT2D eigenvalue weighted by Gasteiger charge is 2.37. The molecule has 0 amide bonds. The topological polar surface area (TPSA) is 3.24 Å². The van der Waals surface area contributed by atoms with Crippen molar-refractivity contribution in [2.24, 2.45) is 0 Å². The van der Waals surface area contributed by atoms with E-state index in [4.69, 9.17) is 0 Å². The molecule has 0 atom stereocenters. The van der Waals surface area contributed by atoms with Crippen LogP contribution in [0.5, 0.6) is 0 Å². The van der Waals surface area contributed by atoms with Gasteiger partial charge >= 0.3 is 0 Å². The van der Waals surface area contributed by atoms with E-state index >= 15 is 0 Å². The van der Waals surface area contributed by atoms with Crippen molar-refractivity contribution in [2.45, 2.75) is 38.5 Å². The standard InChI is InChI=1S/C66H51N/c1-65(2)61-21-12-11-20-57(61)58-37-30-53(41-62(58)65)49-28-34-55(35-29-49)67(54-32-26-48(27-33-54)51-19-13-18-50(40-51)45-16-9-6-10-17-45)56-36-39-60-59-38-31-52(42-63(59)66(3,4)64(60)43-56)47-24-22-46(23-25-47)44-14-7-5-8-15-44/h5-43H,1-4H3. The van der Waals surface area contributed by atoms with Crippen LogP contribution in [0.15, 0.2) is 237 Å². The Balaban J connectivity index is 0.908. The minimum Gasteiger partial charge on any atom is -0.310 e. The molecule has 1 nitrogen and oxygen atoms in total. The largest absolute Gasteiger partial charge is 0.310 e. The van der Waals surface area contributed by atoms with E-state index in [0.717, 1.165) is 17.1 Å². The highest BCUT2D eigenvalue weighted by atomic mass is 15.1. The number of rotatable bonds is 8. The molecule has 0 saturated carbocycles. The molecule has 0 spiro atoms. The maximum atomic E-state index is 2.44. The lowest BCUT2D eigenvalue weighted by Gasteiger charge is -2.28. The molecule has 10 aromatic carbocycles. The molecule has 12 rings (SSSR count). The van der Waals surface area contributed by atoms with Gasteiger partial charge in [0.2, 0.25) is 0 Å². The number of benzene rings is 10. The van der Waals surface area contributed by atoms with Crippen LogP contribution in [0.1, 0.15) is 49.9 Å². The van der Waals surface area contributed by atoms with Crippen molar-refractivity contribution < 1.29 is 0 Å². The van der Waals surface area contributed by atoms with Gasteiger partial charge in [-0.25, -0.2) is 0 Å². The molecule has 0 heterocycles. The molecule has 10 aromatic rings. The Morgan fingerprint density at radius 3 is 1.06 bits per heavy atom. The second-order valence-corrected chi connectivity index (χ2v) is 19.4. The third-order valence-corrected chi connectivity index (χ3v) is 14.7. The summed E-state index contributed by atoms with van der Waals surface area (Å²) in [4.78, 5) is 2.43. The minimum atomic E-state index is -0.204. The van der Waals surface area contributed by atoms with E-state index in [9.17, 15) is 0 Å². The Labute approximate surface area is 395 Å². The third-order valence-electron chi connectivity index (χ3n) is 14.7. The molecule has 0 aliphatic heterocycles. The van der Waals surface area contributed by atoms with Gasteiger partial charge in [0.05, 0.1) is 0 Å². The summed E-state index contributed by atoms with van der Waals surface area (Å²) in [5.74, 6) is 0. The summed E-state index contributed by atoms with van der Waals surface area (Å²) in [6.45, 7) is 9.48. The van der Waals surface area contributed by atoms with E-state index in [-0.39, 0.29) is 10.8 Å². The number of anilines is 3. The normalized spacial score (nSPS) is 13.6. The summed E-state index contributed by atoms with van der Waals surface area (Å²) in [5, 5.41) is 0. The van der Waals surface area contributed by atoms with Crippen LogP contribution in [0.4, 0.5) is 17.1 Å². The fraction of sp³-hybridized carbons (Fsp3) is 0.0909. The molecule has 0 aromatic heterocycles.